The third kappa shape index (κ3) is 3.19. The van der Waals surface area contributed by atoms with Gasteiger partial charge in [0.2, 0.25) is 5.91 Å². The minimum atomic E-state index is -1.06. The van der Waals surface area contributed by atoms with E-state index < -0.39 is 36.5 Å². The summed E-state index contributed by atoms with van der Waals surface area (Å²) in [7, 11) is 0. The van der Waals surface area contributed by atoms with Crippen LogP contribution in [-0.4, -0.2) is 52.1 Å². The molecule has 0 saturated carbocycles. The van der Waals surface area contributed by atoms with Crippen molar-refractivity contribution in [2.45, 2.75) is 18.5 Å². The maximum atomic E-state index is 12.5. The van der Waals surface area contributed by atoms with E-state index in [1.807, 2.05) is 0 Å². The summed E-state index contributed by atoms with van der Waals surface area (Å²) in [5, 5.41) is 20.3. The second-order valence-electron chi connectivity index (χ2n) is 4.74. The minimum absolute atomic E-state index is 0.341. The van der Waals surface area contributed by atoms with Crippen LogP contribution in [0.15, 0.2) is 30.3 Å². The topological polar surface area (TPSA) is 107 Å². The fourth-order valence-electron chi connectivity index (χ4n) is 2.21. The highest BCUT2D eigenvalue weighted by atomic mass is 16.4. The molecule has 7 nitrogen and oxygen atoms in total. The summed E-state index contributed by atoms with van der Waals surface area (Å²) in [6, 6.07) is 6.67. The summed E-state index contributed by atoms with van der Waals surface area (Å²) >= 11 is 0. The van der Waals surface area contributed by atoms with E-state index in [2.05, 4.69) is 5.32 Å². The Morgan fingerprint density at radius 1 is 1.29 bits per heavy atom. The molecule has 1 saturated heterocycles. The number of carbonyl (C=O) groups excluding carboxylic acids is 2. The zero-order chi connectivity index (χ0) is 15.4. The largest absolute Gasteiger partial charge is 0.480 e. The maximum Gasteiger partial charge on any atom is 0.326 e. The lowest BCUT2D eigenvalue weighted by atomic mass is 9.98. The van der Waals surface area contributed by atoms with Gasteiger partial charge in [0, 0.05) is 6.54 Å². The molecule has 112 valence electrons. The number of hydrogen-bond donors (Lipinski definition) is 3. The fourth-order valence-corrected chi connectivity index (χ4v) is 2.21. The zero-order valence-corrected chi connectivity index (χ0v) is 11.2. The molecule has 7 heteroatoms. The summed E-state index contributed by atoms with van der Waals surface area (Å²) in [6.45, 7) is -0.396. The van der Waals surface area contributed by atoms with Crippen LogP contribution in [-0.2, 0) is 14.4 Å². The lowest BCUT2D eigenvalue weighted by molar-refractivity contribution is -0.158. The van der Waals surface area contributed by atoms with Gasteiger partial charge < -0.3 is 20.4 Å². The highest BCUT2D eigenvalue weighted by molar-refractivity contribution is 5.92. The van der Waals surface area contributed by atoms with Crippen molar-refractivity contribution in [3.63, 3.8) is 0 Å². The normalized spacial score (nSPS) is 18.5. The van der Waals surface area contributed by atoms with E-state index in [-0.39, 0.29) is 0 Å². The van der Waals surface area contributed by atoms with E-state index in [0.717, 1.165) is 0 Å². The molecule has 0 spiro atoms. The van der Waals surface area contributed by atoms with Crippen LogP contribution in [0.1, 0.15) is 18.0 Å². The Morgan fingerprint density at radius 2 is 1.95 bits per heavy atom. The summed E-state index contributed by atoms with van der Waals surface area (Å²) in [5.74, 6) is -2.24. The molecule has 21 heavy (non-hydrogen) atoms. The lowest BCUT2D eigenvalue weighted by Gasteiger charge is -2.40. The zero-order valence-electron chi connectivity index (χ0n) is 11.2. The highest BCUT2D eigenvalue weighted by Crippen LogP contribution is 2.24. The number of likely N-dealkylation sites (tertiary alicyclic amines) is 1. The molecule has 1 aromatic carbocycles. The molecule has 3 N–H and O–H groups in total. The van der Waals surface area contributed by atoms with Crippen LogP contribution in [0.5, 0.6) is 0 Å². The lowest BCUT2D eigenvalue weighted by Crippen LogP contribution is -2.58. The second kappa shape index (κ2) is 6.36. The molecule has 1 aliphatic heterocycles. The van der Waals surface area contributed by atoms with Gasteiger partial charge in [0.15, 0.2) is 0 Å². The van der Waals surface area contributed by atoms with Gasteiger partial charge in [-0.15, -0.1) is 0 Å². The van der Waals surface area contributed by atoms with Crippen molar-refractivity contribution in [1.82, 2.24) is 10.2 Å². The molecule has 1 aliphatic rings. The molecule has 0 radical (unpaired) electrons. The van der Waals surface area contributed by atoms with E-state index in [4.69, 9.17) is 10.2 Å². The van der Waals surface area contributed by atoms with E-state index in [1.165, 1.54) is 4.90 Å². The monoisotopic (exact) mass is 292 g/mol. The van der Waals surface area contributed by atoms with E-state index in [0.29, 0.717) is 18.5 Å². The first kappa shape index (κ1) is 15.0. The second-order valence-corrected chi connectivity index (χ2v) is 4.74. The molecule has 0 aromatic heterocycles. The molecule has 1 aromatic rings. The predicted molar refractivity (Wildman–Crippen MR) is 72.2 cm³/mol. The first-order chi connectivity index (χ1) is 10.0. The Balaban J connectivity index is 2.21. The van der Waals surface area contributed by atoms with Crippen LogP contribution >= 0.6 is 0 Å². The third-order valence-corrected chi connectivity index (χ3v) is 3.42. The molecule has 2 atom stereocenters. The van der Waals surface area contributed by atoms with Crippen LogP contribution in [0.4, 0.5) is 0 Å². The van der Waals surface area contributed by atoms with Gasteiger partial charge in [-0.05, 0) is 12.0 Å². The standard InChI is InChI=1S/C14H16N2O5/c17-8-11(18)15-12(9-4-2-1-3-5-9)13(19)16-7-6-10(16)14(20)21/h1-5,10,12,17H,6-8H2,(H,15,18)(H,20,21). The predicted octanol–water partition coefficient (Wildman–Crippen LogP) is -0.478. The number of rotatable bonds is 5. The molecule has 0 bridgehead atoms. The van der Waals surface area contributed by atoms with Crippen molar-refractivity contribution < 1.29 is 24.6 Å². The van der Waals surface area contributed by atoms with E-state index in [9.17, 15) is 14.4 Å². The first-order valence-electron chi connectivity index (χ1n) is 6.53. The van der Waals surface area contributed by atoms with Gasteiger partial charge in [0.25, 0.3) is 5.91 Å². The van der Waals surface area contributed by atoms with Crippen molar-refractivity contribution in [3.8, 4) is 0 Å². The van der Waals surface area contributed by atoms with Crippen molar-refractivity contribution in [3.05, 3.63) is 35.9 Å². The Labute approximate surface area is 121 Å². The molecule has 2 rings (SSSR count). The van der Waals surface area contributed by atoms with Gasteiger partial charge >= 0.3 is 5.97 Å². The Kier molecular flexibility index (Phi) is 4.54. The Bertz CT molecular complexity index is 546. The number of carboxylic acid groups (broad SMARTS) is 1. The van der Waals surface area contributed by atoms with E-state index in [1.54, 1.807) is 30.3 Å². The number of benzene rings is 1. The van der Waals surface area contributed by atoms with Crippen molar-refractivity contribution in [1.29, 1.82) is 0 Å². The molecular weight excluding hydrogens is 276 g/mol. The average molecular weight is 292 g/mol. The molecular formula is C14H16N2O5. The smallest absolute Gasteiger partial charge is 0.326 e. The number of carbonyl (C=O) groups is 3. The number of nitrogens with zero attached hydrogens (tertiary/aromatic N) is 1. The summed E-state index contributed by atoms with van der Waals surface area (Å²) in [4.78, 5) is 36.1. The number of aliphatic hydroxyl groups excluding tert-OH is 1. The van der Waals surface area contributed by atoms with Gasteiger partial charge in [-0.2, -0.15) is 0 Å². The maximum absolute atomic E-state index is 12.5. The summed E-state index contributed by atoms with van der Waals surface area (Å²) in [5.41, 5.74) is 0.542. The van der Waals surface area contributed by atoms with Gasteiger partial charge in [-0.25, -0.2) is 4.79 Å². The van der Waals surface area contributed by atoms with Crippen LogP contribution < -0.4 is 5.32 Å². The van der Waals surface area contributed by atoms with Crippen LogP contribution in [0.25, 0.3) is 0 Å². The number of nitrogens with one attached hydrogen (secondary N) is 1. The quantitative estimate of drug-likeness (QED) is 0.679. The summed E-state index contributed by atoms with van der Waals surface area (Å²) in [6.07, 6.45) is 0.399. The summed E-state index contributed by atoms with van der Waals surface area (Å²) < 4.78 is 0. The molecule has 1 heterocycles. The van der Waals surface area contributed by atoms with E-state index >= 15 is 0 Å². The van der Waals surface area contributed by atoms with Crippen molar-refractivity contribution in [2.24, 2.45) is 0 Å². The Morgan fingerprint density at radius 3 is 2.43 bits per heavy atom. The number of aliphatic hydroxyl groups is 1. The average Bonchev–Trinajstić information content (AvgIpc) is 2.43. The highest BCUT2D eigenvalue weighted by Gasteiger charge is 2.41. The van der Waals surface area contributed by atoms with Crippen molar-refractivity contribution in [2.75, 3.05) is 13.2 Å². The van der Waals surface area contributed by atoms with Crippen LogP contribution in [0.3, 0.4) is 0 Å². The van der Waals surface area contributed by atoms with Gasteiger partial charge in [-0.1, -0.05) is 30.3 Å². The molecule has 2 amide bonds. The Hall–Kier alpha value is -2.41. The molecule has 0 aliphatic carbocycles. The fraction of sp³-hybridized carbons (Fsp3) is 0.357. The minimum Gasteiger partial charge on any atom is -0.480 e. The number of hydrogen-bond acceptors (Lipinski definition) is 4. The van der Waals surface area contributed by atoms with Crippen LogP contribution in [0, 0.1) is 0 Å². The molecule has 2 unspecified atom stereocenters. The van der Waals surface area contributed by atoms with Gasteiger partial charge in [-0.3, -0.25) is 9.59 Å². The van der Waals surface area contributed by atoms with Crippen molar-refractivity contribution >= 4 is 17.8 Å². The SMILES string of the molecule is O=C(CO)NC(C(=O)N1CCC1C(=O)O)c1ccccc1. The molecule has 1 fully saturated rings. The third-order valence-electron chi connectivity index (χ3n) is 3.42. The number of carboxylic acids is 1. The number of amides is 2. The van der Waals surface area contributed by atoms with Crippen LogP contribution in [0.2, 0.25) is 0 Å². The van der Waals surface area contributed by atoms with Gasteiger partial charge in [0.05, 0.1) is 0 Å². The number of aliphatic carboxylic acids is 1. The van der Waals surface area contributed by atoms with Gasteiger partial charge in [0.1, 0.15) is 18.7 Å². The first-order valence-corrected chi connectivity index (χ1v) is 6.53.